The van der Waals surface area contributed by atoms with E-state index < -0.39 is 4.92 Å². The van der Waals surface area contributed by atoms with Crippen LogP contribution >= 0.6 is 0 Å². The van der Waals surface area contributed by atoms with E-state index in [1.807, 2.05) is 18.2 Å². The fraction of sp³-hybridized carbons (Fsp3) is 0.222. The predicted molar refractivity (Wildman–Crippen MR) is 91.1 cm³/mol. The highest BCUT2D eigenvalue weighted by atomic mass is 16.6. The number of non-ortho nitro benzene ring substituents is 1. The number of hydrogen-bond acceptors (Lipinski definition) is 4. The molecule has 0 radical (unpaired) electrons. The standard InChI is InChI=1S/C18H17N3O3/c22-18(14-9-11-15(12-10-14)21(23)24)20-19-17-8-4-2-6-13-5-1-3-7-16(13)17/h1,3,5,7,9-12H,2,4,6,8H2,(H,20,22)/b19-17-. The molecular weight excluding hydrogens is 306 g/mol. The zero-order valence-electron chi connectivity index (χ0n) is 13.1. The van der Waals surface area contributed by atoms with Crippen LogP contribution in [-0.2, 0) is 6.42 Å². The van der Waals surface area contributed by atoms with Crippen LogP contribution in [0.5, 0.6) is 0 Å². The van der Waals surface area contributed by atoms with Gasteiger partial charge >= 0.3 is 0 Å². The number of rotatable bonds is 3. The number of nitrogens with one attached hydrogen (secondary N) is 1. The summed E-state index contributed by atoms with van der Waals surface area (Å²) in [7, 11) is 0. The molecule has 122 valence electrons. The number of carbonyl (C=O) groups is 1. The van der Waals surface area contributed by atoms with Gasteiger partial charge in [-0.15, -0.1) is 0 Å². The average molecular weight is 323 g/mol. The first-order valence-corrected chi connectivity index (χ1v) is 7.85. The molecule has 3 rings (SSSR count). The first-order chi connectivity index (χ1) is 11.6. The van der Waals surface area contributed by atoms with Crippen LogP contribution in [0.15, 0.2) is 53.6 Å². The van der Waals surface area contributed by atoms with Crippen molar-refractivity contribution in [3.8, 4) is 0 Å². The van der Waals surface area contributed by atoms with Gasteiger partial charge in [0.05, 0.1) is 10.6 Å². The minimum absolute atomic E-state index is 0.0458. The molecule has 0 spiro atoms. The lowest BCUT2D eigenvalue weighted by atomic mass is 10.0. The molecule has 0 aromatic heterocycles. The van der Waals surface area contributed by atoms with Gasteiger partial charge in [-0.05, 0) is 43.4 Å². The Morgan fingerprint density at radius 2 is 1.75 bits per heavy atom. The molecule has 2 aromatic carbocycles. The Kier molecular flexibility index (Phi) is 4.65. The normalized spacial score (nSPS) is 15.4. The van der Waals surface area contributed by atoms with Crippen LogP contribution in [0.1, 0.15) is 40.7 Å². The number of benzene rings is 2. The number of aryl methyl sites for hydroxylation is 1. The SMILES string of the molecule is O=C(N/N=C1/CCCCc2ccccc21)c1ccc([N+](=O)[O-])cc1. The third kappa shape index (κ3) is 3.48. The van der Waals surface area contributed by atoms with Gasteiger partial charge in [0.1, 0.15) is 0 Å². The number of carbonyl (C=O) groups excluding carboxylic acids is 1. The van der Waals surface area contributed by atoms with Gasteiger partial charge in [0, 0.05) is 23.3 Å². The Morgan fingerprint density at radius 1 is 1.04 bits per heavy atom. The molecule has 1 aliphatic carbocycles. The van der Waals surface area contributed by atoms with Crippen molar-refractivity contribution < 1.29 is 9.72 Å². The zero-order chi connectivity index (χ0) is 16.9. The van der Waals surface area contributed by atoms with E-state index in [0.29, 0.717) is 5.56 Å². The third-order valence-electron chi connectivity index (χ3n) is 4.07. The summed E-state index contributed by atoms with van der Waals surface area (Å²) in [5, 5.41) is 14.9. The summed E-state index contributed by atoms with van der Waals surface area (Å²) in [6.07, 6.45) is 3.97. The number of nitrogens with zero attached hydrogens (tertiary/aromatic N) is 2. The average Bonchev–Trinajstić information content (AvgIpc) is 2.82. The maximum Gasteiger partial charge on any atom is 0.271 e. The molecule has 0 saturated heterocycles. The highest BCUT2D eigenvalue weighted by Crippen LogP contribution is 2.20. The molecule has 0 bridgehead atoms. The molecule has 6 heteroatoms. The van der Waals surface area contributed by atoms with E-state index in [1.54, 1.807) is 0 Å². The van der Waals surface area contributed by atoms with Crippen LogP contribution in [0.4, 0.5) is 5.69 Å². The summed E-state index contributed by atoms with van der Waals surface area (Å²) >= 11 is 0. The Balaban J connectivity index is 1.77. The molecule has 0 atom stereocenters. The lowest BCUT2D eigenvalue weighted by molar-refractivity contribution is -0.384. The van der Waals surface area contributed by atoms with Crippen LogP contribution in [0.3, 0.4) is 0 Å². The summed E-state index contributed by atoms with van der Waals surface area (Å²) < 4.78 is 0. The molecule has 6 nitrogen and oxygen atoms in total. The van der Waals surface area contributed by atoms with Gasteiger partial charge in [-0.3, -0.25) is 14.9 Å². The number of hydrogen-bond donors (Lipinski definition) is 1. The van der Waals surface area contributed by atoms with Crippen LogP contribution in [0, 0.1) is 10.1 Å². The van der Waals surface area contributed by atoms with E-state index in [4.69, 9.17) is 0 Å². The summed E-state index contributed by atoms with van der Waals surface area (Å²) in [5.74, 6) is -0.376. The Morgan fingerprint density at radius 3 is 2.50 bits per heavy atom. The van der Waals surface area contributed by atoms with E-state index in [2.05, 4.69) is 16.6 Å². The van der Waals surface area contributed by atoms with E-state index in [1.165, 1.54) is 29.8 Å². The first kappa shape index (κ1) is 15.9. The summed E-state index contributed by atoms with van der Waals surface area (Å²) in [6.45, 7) is 0. The lowest BCUT2D eigenvalue weighted by Crippen LogP contribution is -2.20. The molecule has 0 aliphatic heterocycles. The maximum atomic E-state index is 12.2. The van der Waals surface area contributed by atoms with Gasteiger partial charge in [0.25, 0.3) is 11.6 Å². The predicted octanol–water partition coefficient (Wildman–Crippen LogP) is 3.46. The first-order valence-electron chi connectivity index (χ1n) is 7.85. The van der Waals surface area contributed by atoms with Gasteiger partial charge in [-0.25, -0.2) is 5.43 Å². The monoisotopic (exact) mass is 323 g/mol. The Labute approximate surface area is 139 Å². The molecule has 0 fully saturated rings. The number of nitro groups is 1. The van der Waals surface area contributed by atoms with Crippen LogP contribution in [0.25, 0.3) is 0 Å². The smallest absolute Gasteiger partial charge is 0.267 e. The fourth-order valence-electron chi connectivity index (χ4n) is 2.80. The molecule has 1 N–H and O–H groups in total. The van der Waals surface area contributed by atoms with Crippen LogP contribution in [-0.4, -0.2) is 16.5 Å². The summed E-state index contributed by atoms with van der Waals surface area (Å²) in [5.41, 5.74) is 6.06. The second-order valence-corrected chi connectivity index (χ2v) is 5.67. The van der Waals surface area contributed by atoms with E-state index in [0.717, 1.165) is 37.0 Å². The van der Waals surface area contributed by atoms with Gasteiger partial charge in [-0.2, -0.15) is 5.10 Å². The molecule has 24 heavy (non-hydrogen) atoms. The Bertz CT molecular complexity index is 797. The highest BCUT2D eigenvalue weighted by Gasteiger charge is 2.14. The summed E-state index contributed by atoms with van der Waals surface area (Å²) in [6, 6.07) is 13.6. The highest BCUT2D eigenvalue weighted by molar-refractivity contribution is 6.03. The second-order valence-electron chi connectivity index (χ2n) is 5.67. The molecule has 0 saturated carbocycles. The van der Waals surface area contributed by atoms with Crippen molar-refractivity contribution in [2.75, 3.05) is 0 Å². The molecule has 0 heterocycles. The molecule has 0 unspecified atom stereocenters. The van der Waals surface area contributed by atoms with E-state index >= 15 is 0 Å². The summed E-state index contributed by atoms with van der Waals surface area (Å²) in [4.78, 5) is 22.3. The van der Waals surface area contributed by atoms with Crippen molar-refractivity contribution in [3.63, 3.8) is 0 Å². The molecular formula is C18H17N3O3. The van der Waals surface area contributed by atoms with Gasteiger partial charge < -0.3 is 0 Å². The number of nitro benzene ring substituents is 1. The quantitative estimate of drug-likeness (QED) is 0.533. The minimum Gasteiger partial charge on any atom is -0.267 e. The molecule has 2 aromatic rings. The van der Waals surface area contributed by atoms with E-state index in [-0.39, 0.29) is 11.6 Å². The van der Waals surface area contributed by atoms with Gasteiger partial charge in [0.15, 0.2) is 0 Å². The lowest BCUT2D eigenvalue weighted by Gasteiger charge is -2.08. The van der Waals surface area contributed by atoms with Crippen molar-refractivity contribution in [1.29, 1.82) is 0 Å². The van der Waals surface area contributed by atoms with Crippen LogP contribution < -0.4 is 5.43 Å². The zero-order valence-corrected chi connectivity index (χ0v) is 13.1. The number of fused-ring (bicyclic) bond motifs is 1. The third-order valence-corrected chi connectivity index (χ3v) is 4.07. The van der Waals surface area contributed by atoms with E-state index in [9.17, 15) is 14.9 Å². The number of hydrazone groups is 1. The van der Waals surface area contributed by atoms with Crippen molar-refractivity contribution in [2.45, 2.75) is 25.7 Å². The van der Waals surface area contributed by atoms with Crippen molar-refractivity contribution in [1.82, 2.24) is 5.43 Å². The molecule has 1 aliphatic rings. The number of amides is 1. The molecule has 1 amide bonds. The van der Waals surface area contributed by atoms with Gasteiger partial charge in [0.2, 0.25) is 0 Å². The van der Waals surface area contributed by atoms with Crippen molar-refractivity contribution >= 4 is 17.3 Å². The second kappa shape index (κ2) is 7.04. The topological polar surface area (TPSA) is 84.6 Å². The Hall–Kier alpha value is -3.02. The maximum absolute atomic E-state index is 12.2. The van der Waals surface area contributed by atoms with Crippen molar-refractivity contribution in [3.05, 3.63) is 75.3 Å². The van der Waals surface area contributed by atoms with Crippen LogP contribution in [0.2, 0.25) is 0 Å². The fourth-order valence-corrected chi connectivity index (χ4v) is 2.80. The van der Waals surface area contributed by atoms with Gasteiger partial charge in [-0.1, -0.05) is 24.3 Å². The van der Waals surface area contributed by atoms with Crippen molar-refractivity contribution in [2.24, 2.45) is 5.10 Å². The largest absolute Gasteiger partial charge is 0.271 e. The minimum atomic E-state index is -0.496.